The Morgan fingerprint density at radius 2 is 1.79 bits per heavy atom. The van der Waals surface area contributed by atoms with E-state index >= 15 is 0 Å². The van der Waals surface area contributed by atoms with Gasteiger partial charge in [-0.05, 0) is 38.1 Å². The topological polar surface area (TPSA) is 77.8 Å². The second-order valence-electron chi connectivity index (χ2n) is 7.34. The molecular weight excluding hydrogens is 375 g/mol. The Kier molecular flexibility index (Phi) is 6.87. The van der Waals surface area contributed by atoms with Crippen molar-refractivity contribution in [3.05, 3.63) is 54.2 Å². The number of piperazine rings is 1. The summed E-state index contributed by atoms with van der Waals surface area (Å²) in [5.74, 6) is -0.830. The van der Waals surface area contributed by atoms with Crippen LogP contribution < -0.4 is 15.5 Å². The molecule has 156 valence electrons. The molecule has 2 N–H and O–H groups in total. The van der Waals surface area contributed by atoms with Crippen molar-refractivity contribution in [3.63, 3.8) is 0 Å². The number of carbonyl (C=O) groups excluding carboxylic acids is 2. The molecule has 7 nitrogen and oxygen atoms in total. The van der Waals surface area contributed by atoms with Gasteiger partial charge in [-0.3, -0.25) is 14.5 Å². The summed E-state index contributed by atoms with van der Waals surface area (Å²) in [7, 11) is 0. The first-order chi connectivity index (χ1) is 14.0. The Hall–Kier alpha value is -2.87. The van der Waals surface area contributed by atoms with Gasteiger partial charge in [-0.15, -0.1) is 0 Å². The molecule has 8 heteroatoms. The number of carbonyl (C=O) groups is 2. The number of amides is 2. The lowest BCUT2D eigenvalue weighted by Gasteiger charge is -2.39. The van der Waals surface area contributed by atoms with Crippen molar-refractivity contribution in [3.8, 4) is 0 Å². The molecule has 1 unspecified atom stereocenters. The fourth-order valence-corrected chi connectivity index (χ4v) is 3.47. The summed E-state index contributed by atoms with van der Waals surface area (Å²) in [4.78, 5) is 28.1. The lowest BCUT2D eigenvalue weighted by molar-refractivity contribution is -0.139. The van der Waals surface area contributed by atoms with E-state index in [-0.39, 0.29) is 24.4 Å². The van der Waals surface area contributed by atoms with Crippen molar-refractivity contribution >= 4 is 17.5 Å². The minimum absolute atomic E-state index is 0.111. The molecule has 1 atom stereocenters. The smallest absolute Gasteiger partial charge is 0.309 e. The molecule has 0 spiro atoms. The first-order valence-corrected chi connectivity index (χ1v) is 9.81. The number of furan rings is 1. The van der Waals surface area contributed by atoms with Gasteiger partial charge in [-0.1, -0.05) is 12.1 Å². The second-order valence-corrected chi connectivity index (χ2v) is 7.34. The van der Waals surface area contributed by atoms with E-state index in [1.54, 1.807) is 38.3 Å². The second kappa shape index (κ2) is 9.56. The largest absolute Gasteiger partial charge is 0.468 e. The van der Waals surface area contributed by atoms with E-state index in [1.165, 1.54) is 6.07 Å². The van der Waals surface area contributed by atoms with Gasteiger partial charge in [0.1, 0.15) is 11.6 Å². The molecule has 1 aliphatic heterocycles. The lowest BCUT2D eigenvalue weighted by atomic mass is 10.1. The summed E-state index contributed by atoms with van der Waals surface area (Å²) >= 11 is 0. The maximum Gasteiger partial charge on any atom is 0.309 e. The maximum absolute atomic E-state index is 14.1. The highest BCUT2D eigenvalue weighted by Gasteiger charge is 2.28. The van der Waals surface area contributed by atoms with Crippen LogP contribution in [0, 0.1) is 5.82 Å². The van der Waals surface area contributed by atoms with Gasteiger partial charge < -0.3 is 20.0 Å². The van der Waals surface area contributed by atoms with E-state index in [0.717, 1.165) is 0 Å². The highest BCUT2D eigenvalue weighted by atomic mass is 19.1. The number of nitrogens with zero attached hydrogens (tertiary/aromatic N) is 2. The number of halogens is 1. The molecule has 1 fully saturated rings. The molecule has 29 heavy (non-hydrogen) atoms. The highest BCUT2D eigenvalue weighted by Crippen LogP contribution is 2.25. The summed E-state index contributed by atoms with van der Waals surface area (Å²) in [6, 6.07) is 10.1. The van der Waals surface area contributed by atoms with Crippen molar-refractivity contribution in [2.24, 2.45) is 0 Å². The average Bonchev–Trinajstić information content (AvgIpc) is 3.23. The number of benzene rings is 1. The van der Waals surface area contributed by atoms with Crippen LogP contribution in [-0.2, 0) is 9.59 Å². The van der Waals surface area contributed by atoms with Gasteiger partial charge in [-0.2, -0.15) is 0 Å². The molecule has 0 radical (unpaired) electrons. The van der Waals surface area contributed by atoms with Gasteiger partial charge in [0.05, 0.1) is 18.0 Å². The Balaban J connectivity index is 1.62. The van der Waals surface area contributed by atoms with Crippen LogP contribution in [0.15, 0.2) is 47.1 Å². The van der Waals surface area contributed by atoms with E-state index in [0.29, 0.717) is 37.6 Å². The Bertz CT molecular complexity index is 817. The Morgan fingerprint density at radius 3 is 2.41 bits per heavy atom. The third-order valence-electron chi connectivity index (χ3n) is 4.90. The molecule has 1 aromatic carbocycles. The van der Waals surface area contributed by atoms with Crippen molar-refractivity contribution in [2.75, 3.05) is 37.6 Å². The molecule has 0 bridgehead atoms. The first kappa shape index (κ1) is 20.9. The molecule has 0 aliphatic carbocycles. The van der Waals surface area contributed by atoms with Crippen LogP contribution in [0.2, 0.25) is 0 Å². The summed E-state index contributed by atoms with van der Waals surface area (Å²) in [6.07, 6.45) is 1.59. The monoisotopic (exact) mass is 402 g/mol. The van der Waals surface area contributed by atoms with Crippen LogP contribution in [0.25, 0.3) is 0 Å². The van der Waals surface area contributed by atoms with Gasteiger partial charge >= 0.3 is 11.8 Å². The van der Waals surface area contributed by atoms with Crippen molar-refractivity contribution in [1.82, 2.24) is 15.5 Å². The van der Waals surface area contributed by atoms with Crippen LogP contribution >= 0.6 is 0 Å². The molecule has 0 saturated carbocycles. The Morgan fingerprint density at radius 1 is 1.07 bits per heavy atom. The molecule has 1 saturated heterocycles. The lowest BCUT2D eigenvalue weighted by Crippen LogP contribution is -2.51. The minimum atomic E-state index is -0.666. The standard InChI is InChI=1S/C21H27FN4O3/c1-15(2)24-21(28)20(27)23-14-18(19-8-5-13-29-19)26-11-9-25(10-12-26)17-7-4-3-6-16(17)22/h3-8,13,15,18H,9-12,14H2,1-2H3,(H,23,27)(H,24,28). The minimum Gasteiger partial charge on any atom is -0.468 e. The van der Waals surface area contributed by atoms with Crippen LogP contribution in [-0.4, -0.2) is 55.5 Å². The fraction of sp³-hybridized carbons (Fsp3) is 0.429. The summed E-state index contributed by atoms with van der Waals surface area (Å²) in [5, 5.41) is 5.28. The summed E-state index contributed by atoms with van der Waals surface area (Å²) in [6.45, 7) is 6.50. The molecule has 2 amide bonds. The fourth-order valence-electron chi connectivity index (χ4n) is 3.47. The maximum atomic E-state index is 14.1. The van der Waals surface area contributed by atoms with E-state index < -0.39 is 11.8 Å². The number of para-hydroxylation sites is 1. The molecule has 2 heterocycles. The predicted molar refractivity (Wildman–Crippen MR) is 108 cm³/mol. The SMILES string of the molecule is CC(C)NC(=O)C(=O)NCC(c1ccco1)N1CCN(c2ccccc2F)CC1. The molecule has 2 aromatic rings. The van der Waals surface area contributed by atoms with Crippen molar-refractivity contribution in [1.29, 1.82) is 0 Å². The van der Waals surface area contributed by atoms with E-state index in [9.17, 15) is 14.0 Å². The molecular formula is C21H27FN4O3. The number of hydrogen-bond acceptors (Lipinski definition) is 5. The molecule has 1 aliphatic rings. The zero-order valence-electron chi connectivity index (χ0n) is 16.7. The predicted octanol–water partition coefficient (Wildman–Crippen LogP) is 1.92. The van der Waals surface area contributed by atoms with E-state index in [4.69, 9.17) is 4.42 Å². The van der Waals surface area contributed by atoms with Gasteiger partial charge in [0, 0.05) is 38.8 Å². The highest BCUT2D eigenvalue weighted by molar-refractivity contribution is 6.35. The van der Waals surface area contributed by atoms with Crippen LogP contribution in [0.3, 0.4) is 0 Å². The zero-order valence-corrected chi connectivity index (χ0v) is 16.7. The van der Waals surface area contributed by atoms with Crippen molar-refractivity contribution < 1.29 is 18.4 Å². The van der Waals surface area contributed by atoms with E-state index in [2.05, 4.69) is 15.5 Å². The summed E-state index contributed by atoms with van der Waals surface area (Å²) in [5.41, 5.74) is 0.598. The third-order valence-corrected chi connectivity index (χ3v) is 4.90. The van der Waals surface area contributed by atoms with Crippen LogP contribution in [0.5, 0.6) is 0 Å². The third kappa shape index (κ3) is 5.35. The zero-order chi connectivity index (χ0) is 20.8. The first-order valence-electron chi connectivity index (χ1n) is 9.81. The van der Waals surface area contributed by atoms with Crippen LogP contribution in [0.4, 0.5) is 10.1 Å². The molecule has 1 aromatic heterocycles. The average molecular weight is 402 g/mol. The number of anilines is 1. The van der Waals surface area contributed by atoms with Gasteiger partial charge in [-0.25, -0.2) is 4.39 Å². The van der Waals surface area contributed by atoms with Gasteiger partial charge in [0.15, 0.2) is 0 Å². The quantitative estimate of drug-likeness (QED) is 0.722. The number of nitrogens with one attached hydrogen (secondary N) is 2. The summed E-state index contributed by atoms with van der Waals surface area (Å²) < 4.78 is 19.6. The number of rotatable bonds is 6. The normalized spacial score (nSPS) is 15.9. The van der Waals surface area contributed by atoms with Crippen LogP contribution in [0.1, 0.15) is 25.6 Å². The number of hydrogen-bond donors (Lipinski definition) is 2. The van der Waals surface area contributed by atoms with Gasteiger partial charge in [0.25, 0.3) is 0 Å². The van der Waals surface area contributed by atoms with Gasteiger partial charge in [0.2, 0.25) is 0 Å². The van der Waals surface area contributed by atoms with E-state index in [1.807, 2.05) is 17.0 Å². The van der Waals surface area contributed by atoms with Crippen molar-refractivity contribution in [2.45, 2.75) is 25.9 Å². The Labute approximate surface area is 169 Å². The molecule has 3 rings (SSSR count).